The topological polar surface area (TPSA) is 41.6 Å². The third-order valence-corrected chi connectivity index (χ3v) is 4.88. The van der Waals surface area contributed by atoms with Crippen LogP contribution in [0.5, 0.6) is 5.75 Å². The minimum atomic E-state index is 0.143. The molecule has 128 valence electrons. The Labute approximate surface area is 143 Å². The minimum Gasteiger partial charge on any atom is -0.496 e. The molecule has 0 bridgehead atoms. The van der Waals surface area contributed by atoms with Crippen molar-refractivity contribution in [3.05, 3.63) is 42.0 Å². The summed E-state index contributed by atoms with van der Waals surface area (Å²) in [4.78, 5) is 13.9. The zero-order chi connectivity index (χ0) is 16.9. The Morgan fingerprint density at radius 2 is 2.12 bits per heavy atom. The van der Waals surface area contributed by atoms with Crippen molar-refractivity contribution < 1.29 is 9.53 Å². The standard InChI is InChI=1S/C20H26N2O2/c1-3-20(23)21-12-15-10-11-22(13-15)14-18-17-7-5-4-6-16(17)8-9-19(18)24-2/h4-9,15H,3,10-14H2,1-2H3,(H,21,23)/t15-/m1/s1. The van der Waals surface area contributed by atoms with Gasteiger partial charge in [-0.1, -0.05) is 37.3 Å². The van der Waals surface area contributed by atoms with E-state index in [2.05, 4.69) is 46.6 Å². The number of rotatable bonds is 6. The monoisotopic (exact) mass is 326 g/mol. The molecule has 0 spiro atoms. The van der Waals surface area contributed by atoms with Crippen molar-refractivity contribution in [3.63, 3.8) is 0 Å². The summed E-state index contributed by atoms with van der Waals surface area (Å²) in [6.07, 6.45) is 1.70. The first-order valence-corrected chi connectivity index (χ1v) is 8.75. The molecule has 2 aromatic rings. The lowest BCUT2D eigenvalue weighted by Crippen LogP contribution is -2.30. The minimum absolute atomic E-state index is 0.143. The van der Waals surface area contributed by atoms with E-state index < -0.39 is 0 Å². The number of likely N-dealkylation sites (tertiary alicyclic amines) is 1. The summed E-state index contributed by atoms with van der Waals surface area (Å²) < 4.78 is 5.60. The highest BCUT2D eigenvalue weighted by Gasteiger charge is 2.24. The van der Waals surface area contributed by atoms with Crippen LogP contribution in [0.4, 0.5) is 0 Å². The van der Waals surface area contributed by atoms with Crippen LogP contribution in [-0.4, -0.2) is 37.6 Å². The summed E-state index contributed by atoms with van der Waals surface area (Å²) in [5.41, 5.74) is 1.26. The summed E-state index contributed by atoms with van der Waals surface area (Å²) in [7, 11) is 1.74. The lowest BCUT2D eigenvalue weighted by molar-refractivity contribution is -0.120. The molecule has 4 heteroatoms. The van der Waals surface area contributed by atoms with Gasteiger partial charge in [-0.05, 0) is 35.7 Å². The van der Waals surface area contributed by atoms with E-state index in [9.17, 15) is 4.79 Å². The summed E-state index contributed by atoms with van der Waals surface area (Å²) in [6, 6.07) is 12.6. The van der Waals surface area contributed by atoms with Crippen molar-refractivity contribution in [2.45, 2.75) is 26.3 Å². The van der Waals surface area contributed by atoms with Gasteiger partial charge in [0.2, 0.25) is 5.91 Å². The van der Waals surface area contributed by atoms with Crippen molar-refractivity contribution in [1.82, 2.24) is 10.2 Å². The van der Waals surface area contributed by atoms with Crippen LogP contribution in [-0.2, 0) is 11.3 Å². The number of nitrogens with zero attached hydrogens (tertiary/aromatic N) is 1. The predicted molar refractivity (Wildman–Crippen MR) is 97.2 cm³/mol. The maximum Gasteiger partial charge on any atom is 0.219 e. The first-order chi connectivity index (χ1) is 11.7. The van der Waals surface area contributed by atoms with Gasteiger partial charge in [-0.15, -0.1) is 0 Å². The van der Waals surface area contributed by atoms with Gasteiger partial charge in [0, 0.05) is 31.6 Å². The lowest BCUT2D eigenvalue weighted by atomic mass is 10.0. The Bertz CT molecular complexity index is 714. The van der Waals surface area contributed by atoms with E-state index in [1.807, 2.05) is 6.92 Å². The number of nitrogens with one attached hydrogen (secondary N) is 1. The van der Waals surface area contributed by atoms with Gasteiger partial charge in [0.05, 0.1) is 7.11 Å². The number of hydrogen-bond donors (Lipinski definition) is 1. The molecular formula is C20H26N2O2. The number of fused-ring (bicyclic) bond motifs is 1. The number of ether oxygens (including phenoxy) is 1. The molecule has 1 N–H and O–H groups in total. The highest BCUT2D eigenvalue weighted by molar-refractivity contribution is 5.87. The fraction of sp³-hybridized carbons (Fsp3) is 0.450. The van der Waals surface area contributed by atoms with Crippen LogP contribution in [0.15, 0.2) is 36.4 Å². The van der Waals surface area contributed by atoms with Crippen LogP contribution in [0, 0.1) is 5.92 Å². The molecular weight excluding hydrogens is 300 g/mol. The van der Waals surface area contributed by atoms with Gasteiger partial charge in [-0.2, -0.15) is 0 Å². The van der Waals surface area contributed by atoms with Crippen molar-refractivity contribution in [2.24, 2.45) is 5.92 Å². The molecule has 1 aliphatic heterocycles. The number of benzene rings is 2. The van der Waals surface area contributed by atoms with Crippen LogP contribution in [0.25, 0.3) is 10.8 Å². The fourth-order valence-corrected chi connectivity index (χ4v) is 3.50. The average molecular weight is 326 g/mol. The van der Waals surface area contributed by atoms with E-state index in [1.165, 1.54) is 16.3 Å². The summed E-state index contributed by atoms with van der Waals surface area (Å²) in [5, 5.41) is 5.53. The number of amides is 1. The highest BCUT2D eigenvalue weighted by Crippen LogP contribution is 2.30. The van der Waals surface area contributed by atoms with Crippen LogP contribution in [0.1, 0.15) is 25.3 Å². The fourth-order valence-electron chi connectivity index (χ4n) is 3.50. The van der Waals surface area contributed by atoms with Gasteiger partial charge in [0.15, 0.2) is 0 Å². The Morgan fingerprint density at radius 3 is 2.92 bits per heavy atom. The molecule has 0 aromatic heterocycles. The second kappa shape index (κ2) is 7.67. The molecule has 0 aliphatic carbocycles. The first-order valence-electron chi connectivity index (χ1n) is 8.75. The van der Waals surface area contributed by atoms with Crippen LogP contribution in [0.2, 0.25) is 0 Å². The van der Waals surface area contributed by atoms with E-state index in [1.54, 1.807) is 7.11 Å². The normalized spacial score (nSPS) is 18.0. The molecule has 1 atom stereocenters. The average Bonchev–Trinajstić information content (AvgIpc) is 3.07. The van der Waals surface area contributed by atoms with E-state index in [0.29, 0.717) is 12.3 Å². The molecule has 24 heavy (non-hydrogen) atoms. The Balaban J connectivity index is 1.70. The summed E-state index contributed by atoms with van der Waals surface area (Å²) >= 11 is 0. The van der Waals surface area contributed by atoms with Gasteiger partial charge >= 0.3 is 0 Å². The van der Waals surface area contributed by atoms with Gasteiger partial charge in [0.25, 0.3) is 0 Å². The molecule has 1 saturated heterocycles. The molecule has 0 unspecified atom stereocenters. The van der Waals surface area contributed by atoms with Crippen molar-refractivity contribution >= 4 is 16.7 Å². The molecule has 0 radical (unpaired) electrons. The van der Waals surface area contributed by atoms with Crippen molar-refractivity contribution in [3.8, 4) is 5.75 Å². The number of methoxy groups -OCH3 is 1. The molecule has 3 rings (SSSR count). The molecule has 1 heterocycles. The zero-order valence-electron chi connectivity index (χ0n) is 14.5. The number of carbonyl (C=O) groups excluding carboxylic acids is 1. The van der Waals surface area contributed by atoms with E-state index in [4.69, 9.17) is 4.74 Å². The SMILES string of the molecule is CCC(=O)NC[C@H]1CCN(Cc2c(OC)ccc3ccccc23)C1. The second-order valence-corrected chi connectivity index (χ2v) is 6.51. The van der Waals surface area contributed by atoms with Crippen LogP contribution >= 0.6 is 0 Å². The Hall–Kier alpha value is -2.07. The molecule has 4 nitrogen and oxygen atoms in total. The highest BCUT2D eigenvalue weighted by atomic mass is 16.5. The summed E-state index contributed by atoms with van der Waals surface area (Å²) in [5.74, 6) is 1.64. The van der Waals surface area contributed by atoms with Crippen LogP contribution in [0.3, 0.4) is 0 Å². The van der Waals surface area contributed by atoms with Crippen molar-refractivity contribution in [1.29, 1.82) is 0 Å². The molecule has 0 saturated carbocycles. The van der Waals surface area contributed by atoms with Gasteiger partial charge in [0.1, 0.15) is 5.75 Å². The Morgan fingerprint density at radius 1 is 1.29 bits per heavy atom. The van der Waals surface area contributed by atoms with Gasteiger partial charge < -0.3 is 10.1 Å². The molecule has 1 amide bonds. The second-order valence-electron chi connectivity index (χ2n) is 6.51. The smallest absolute Gasteiger partial charge is 0.219 e. The van der Waals surface area contributed by atoms with E-state index >= 15 is 0 Å². The van der Waals surface area contributed by atoms with Crippen molar-refractivity contribution in [2.75, 3.05) is 26.7 Å². The third kappa shape index (κ3) is 3.70. The maximum absolute atomic E-state index is 11.4. The van der Waals surface area contributed by atoms with E-state index in [0.717, 1.165) is 38.3 Å². The van der Waals surface area contributed by atoms with Gasteiger partial charge in [-0.3, -0.25) is 9.69 Å². The quantitative estimate of drug-likeness (QED) is 0.886. The van der Waals surface area contributed by atoms with E-state index in [-0.39, 0.29) is 5.91 Å². The summed E-state index contributed by atoms with van der Waals surface area (Å²) in [6.45, 7) is 5.66. The van der Waals surface area contributed by atoms with Crippen LogP contribution < -0.4 is 10.1 Å². The Kier molecular flexibility index (Phi) is 5.36. The molecule has 1 fully saturated rings. The predicted octanol–water partition coefficient (Wildman–Crippen LogP) is 3.20. The molecule has 2 aromatic carbocycles. The first kappa shape index (κ1) is 16.8. The van der Waals surface area contributed by atoms with Gasteiger partial charge in [-0.25, -0.2) is 0 Å². The maximum atomic E-state index is 11.4. The lowest BCUT2D eigenvalue weighted by Gasteiger charge is -2.20. The number of carbonyl (C=O) groups is 1. The number of hydrogen-bond acceptors (Lipinski definition) is 3. The zero-order valence-corrected chi connectivity index (χ0v) is 14.5. The largest absolute Gasteiger partial charge is 0.496 e. The third-order valence-electron chi connectivity index (χ3n) is 4.88. The molecule has 1 aliphatic rings.